The van der Waals surface area contributed by atoms with Gasteiger partial charge in [0.25, 0.3) is 5.91 Å². The van der Waals surface area contributed by atoms with Crippen molar-refractivity contribution in [2.45, 2.75) is 25.6 Å². The van der Waals surface area contributed by atoms with Crippen LogP contribution in [-0.2, 0) is 22.2 Å². The van der Waals surface area contributed by atoms with Crippen molar-refractivity contribution < 1.29 is 27.5 Å². The number of halogens is 3. The van der Waals surface area contributed by atoms with Crippen molar-refractivity contribution >= 4 is 34.5 Å². The largest absolute Gasteiger partial charge is 0.479 e. The first-order chi connectivity index (χ1) is 14.7. The van der Waals surface area contributed by atoms with E-state index in [0.717, 1.165) is 12.1 Å². The van der Waals surface area contributed by atoms with Gasteiger partial charge in [-0.1, -0.05) is 12.1 Å². The van der Waals surface area contributed by atoms with Crippen LogP contribution in [0.5, 0.6) is 5.75 Å². The topological polar surface area (TPSA) is 80.3 Å². The van der Waals surface area contributed by atoms with Gasteiger partial charge < -0.3 is 15.4 Å². The number of benzene rings is 2. The number of rotatable bonds is 4. The van der Waals surface area contributed by atoms with Crippen LogP contribution in [0.15, 0.2) is 47.8 Å². The Morgan fingerprint density at radius 2 is 1.97 bits per heavy atom. The van der Waals surface area contributed by atoms with Gasteiger partial charge in [-0.15, -0.1) is 11.3 Å². The van der Waals surface area contributed by atoms with Crippen LogP contribution >= 0.6 is 11.3 Å². The third kappa shape index (κ3) is 4.69. The molecule has 31 heavy (non-hydrogen) atoms. The molecule has 2 amide bonds. The van der Waals surface area contributed by atoms with Crippen LogP contribution in [0, 0.1) is 0 Å². The van der Waals surface area contributed by atoms with E-state index in [-0.39, 0.29) is 18.2 Å². The molecular formula is C21H16F3N3O3S. The maximum Gasteiger partial charge on any atom is 0.416 e. The molecule has 1 atom stereocenters. The predicted molar refractivity (Wildman–Crippen MR) is 110 cm³/mol. The number of carbonyl (C=O) groups is 2. The molecule has 2 N–H and O–H groups in total. The van der Waals surface area contributed by atoms with E-state index in [2.05, 4.69) is 15.6 Å². The number of carbonyl (C=O) groups excluding carboxylic acids is 2. The fraction of sp³-hybridized carbons (Fsp3) is 0.190. The summed E-state index contributed by atoms with van der Waals surface area (Å²) in [6, 6.07) is 9.64. The Kier molecular flexibility index (Phi) is 5.40. The first kappa shape index (κ1) is 20.9. The summed E-state index contributed by atoms with van der Waals surface area (Å²) in [4.78, 5) is 28.5. The van der Waals surface area contributed by atoms with Gasteiger partial charge in [0, 0.05) is 16.6 Å². The summed E-state index contributed by atoms with van der Waals surface area (Å²) in [6.45, 7) is 1.64. The van der Waals surface area contributed by atoms with E-state index in [0.29, 0.717) is 33.4 Å². The highest BCUT2D eigenvalue weighted by Gasteiger charge is 2.30. The summed E-state index contributed by atoms with van der Waals surface area (Å²) in [5.74, 6) is -0.0688. The smallest absolute Gasteiger partial charge is 0.416 e. The lowest BCUT2D eigenvalue weighted by atomic mass is 10.1. The Morgan fingerprint density at radius 3 is 2.68 bits per heavy atom. The van der Waals surface area contributed by atoms with E-state index in [1.54, 1.807) is 30.5 Å². The van der Waals surface area contributed by atoms with Gasteiger partial charge >= 0.3 is 6.18 Å². The first-order valence-electron chi connectivity index (χ1n) is 9.22. The van der Waals surface area contributed by atoms with Crippen LogP contribution in [0.4, 0.5) is 24.5 Å². The molecule has 0 bridgehead atoms. The van der Waals surface area contributed by atoms with E-state index >= 15 is 0 Å². The third-order valence-electron chi connectivity index (χ3n) is 4.55. The Hall–Kier alpha value is -3.40. The number of aromatic nitrogens is 1. The van der Waals surface area contributed by atoms with E-state index in [9.17, 15) is 22.8 Å². The number of nitrogens with zero attached hydrogens (tertiary/aromatic N) is 1. The Labute approximate surface area is 179 Å². The number of ether oxygens (including phenoxy) is 1. The van der Waals surface area contributed by atoms with Crippen LogP contribution in [0.3, 0.4) is 0 Å². The Bertz CT molecular complexity index is 1140. The highest BCUT2D eigenvalue weighted by molar-refractivity contribution is 7.13. The standard InChI is InChI=1S/C21H16F3N3O3S/c1-11-19(29)27-16-8-14(6-7-17(16)30-11)25-18(28)9-15-10-31-20(26-15)12-2-4-13(5-3-12)21(22,23)24/h2-8,10-11H,9H2,1H3,(H,25,28)(H,27,29)/t11-/m0/s1. The lowest BCUT2D eigenvalue weighted by Crippen LogP contribution is -2.34. The van der Waals surface area contributed by atoms with E-state index in [4.69, 9.17) is 4.74 Å². The Morgan fingerprint density at radius 1 is 1.23 bits per heavy atom. The van der Waals surface area contributed by atoms with Crippen LogP contribution < -0.4 is 15.4 Å². The molecule has 0 aliphatic carbocycles. The van der Waals surface area contributed by atoms with Gasteiger partial charge in [-0.3, -0.25) is 9.59 Å². The molecule has 6 nitrogen and oxygen atoms in total. The molecule has 0 saturated heterocycles. The zero-order valence-electron chi connectivity index (χ0n) is 16.1. The molecule has 160 valence electrons. The SMILES string of the molecule is C[C@@H]1Oc2ccc(NC(=O)Cc3csc(-c4ccc(C(F)(F)F)cc4)n3)cc2NC1=O. The summed E-state index contributed by atoms with van der Waals surface area (Å²) < 4.78 is 43.6. The number of fused-ring (bicyclic) bond motifs is 1. The molecule has 0 unspecified atom stereocenters. The molecule has 3 aromatic rings. The minimum Gasteiger partial charge on any atom is -0.479 e. The van der Waals surface area contributed by atoms with Crippen LogP contribution in [0.2, 0.25) is 0 Å². The summed E-state index contributed by atoms with van der Waals surface area (Å²) in [6.07, 6.45) is -4.99. The second-order valence-corrected chi connectivity index (χ2v) is 7.76. The van der Waals surface area contributed by atoms with Crippen molar-refractivity contribution in [1.82, 2.24) is 4.98 Å². The highest BCUT2D eigenvalue weighted by Crippen LogP contribution is 2.33. The van der Waals surface area contributed by atoms with E-state index in [1.165, 1.54) is 23.5 Å². The molecule has 0 radical (unpaired) electrons. The average molecular weight is 447 g/mol. The van der Waals surface area contributed by atoms with Gasteiger partial charge in [0.2, 0.25) is 5.91 Å². The molecule has 0 fully saturated rings. The monoisotopic (exact) mass is 447 g/mol. The molecule has 1 aromatic heterocycles. The molecule has 2 heterocycles. The molecule has 4 rings (SSSR count). The predicted octanol–water partition coefficient (Wildman–Crippen LogP) is 4.73. The maximum absolute atomic E-state index is 12.7. The van der Waals surface area contributed by atoms with Crippen molar-refractivity contribution in [2.75, 3.05) is 10.6 Å². The van der Waals surface area contributed by atoms with Crippen molar-refractivity contribution in [2.24, 2.45) is 0 Å². The Balaban J connectivity index is 1.41. The van der Waals surface area contributed by atoms with Gasteiger partial charge in [-0.25, -0.2) is 4.98 Å². The van der Waals surface area contributed by atoms with Gasteiger partial charge in [-0.05, 0) is 37.3 Å². The quantitative estimate of drug-likeness (QED) is 0.606. The van der Waals surface area contributed by atoms with Crippen molar-refractivity contribution in [3.8, 4) is 16.3 Å². The zero-order chi connectivity index (χ0) is 22.2. The summed E-state index contributed by atoms with van der Waals surface area (Å²) in [5, 5.41) is 7.66. The number of nitrogens with one attached hydrogen (secondary N) is 2. The zero-order valence-corrected chi connectivity index (χ0v) is 16.9. The molecule has 2 aromatic carbocycles. The maximum atomic E-state index is 12.7. The van der Waals surface area contributed by atoms with Gasteiger partial charge in [0.1, 0.15) is 10.8 Å². The lowest BCUT2D eigenvalue weighted by molar-refractivity contribution is -0.137. The summed E-state index contributed by atoms with van der Waals surface area (Å²) >= 11 is 1.25. The molecule has 1 aliphatic rings. The van der Waals surface area contributed by atoms with Crippen molar-refractivity contribution in [3.05, 3.63) is 59.1 Å². The fourth-order valence-corrected chi connectivity index (χ4v) is 3.80. The summed E-state index contributed by atoms with van der Waals surface area (Å²) in [5.41, 5.74) is 1.28. The minimum atomic E-state index is -4.39. The van der Waals surface area contributed by atoms with Crippen LogP contribution in [-0.4, -0.2) is 22.9 Å². The molecular weight excluding hydrogens is 431 g/mol. The number of hydrogen-bond acceptors (Lipinski definition) is 5. The first-order valence-corrected chi connectivity index (χ1v) is 10.1. The molecule has 1 aliphatic heterocycles. The number of hydrogen-bond donors (Lipinski definition) is 2. The van der Waals surface area contributed by atoms with E-state index < -0.39 is 17.8 Å². The van der Waals surface area contributed by atoms with Crippen molar-refractivity contribution in [1.29, 1.82) is 0 Å². The van der Waals surface area contributed by atoms with Crippen molar-refractivity contribution in [3.63, 3.8) is 0 Å². The molecule has 0 saturated carbocycles. The van der Waals surface area contributed by atoms with Gasteiger partial charge in [-0.2, -0.15) is 13.2 Å². The number of alkyl halides is 3. The molecule has 10 heteroatoms. The number of amides is 2. The molecule has 0 spiro atoms. The number of anilines is 2. The second kappa shape index (κ2) is 8.03. The normalized spacial score (nSPS) is 15.6. The lowest BCUT2D eigenvalue weighted by Gasteiger charge is -2.23. The van der Waals surface area contributed by atoms with Crippen LogP contribution in [0.25, 0.3) is 10.6 Å². The summed E-state index contributed by atoms with van der Waals surface area (Å²) in [7, 11) is 0. The average Bonchev–Trinajstić information content (AvgIpc) is 3.17. The highest BCUT2D eigenvalue weighted by atomic mass is 32.1. The third-order valence-corrected chi connectivity index (χ3v) is 5.49. The number of thiazole rings is 1. The second-order valence-electron chi connectivity index (χ2n) is 6.90. The van der Waals surface area contributed by atoms with Crippen LogP contribution in [0.1, 0.15) is 18.2 Å². The van der Waals surface area contributed by atoms with E-state index in [1.807, 2.05) is 0 Å². The minimum absolute atomic E-state index is 0.00584. The van der Waals surface area contributed by atoms with Gasteiger partial charge in [0.05, 0.1) is 23.4 Å². The van der Waals surface area contributed by atoms with Gasteiger partial charge in [0.15, 0.2) is 6.10 Å². The fourth-order valence-electron chi connectivity index (χ4n) is 2.98.